The van der Waals surface area contributed by atoms with Gasteiger partial charge in [-0.15, -0.1) is 9.24 Å². The third-order valence-corrected chi connectivity index (χ3v) is 1.91. The van der Waals surface area contributed by atoms with Crippen LogP contribution in [0.5, 0.6) is 0 Å². The van der Waals surface area contributed by atoms with Gasteiger partial charge in [0.1, 0.15) is 0 Å². The molecule has 0 amide bonds. The predicted octanol–water partition coefficient (Wildman–Crippen LogP) is 3.56. The normalized spacial score (nSPS) is 13.1. The van der Waals surface area contributed by atoms with Crippen molar-refractivity contribution in [2.45, 2.75) is 52.4 Å². The molecule has 1 saturated carbocycles. The molecule has 0 saturated heterocycles. The summed E-state index contributed by atoms with van der Waals surface area (Å²) in [6.07, 6.45) is 8.91. The van der Waals surface area contributed by atoms with E-state index in [1.54, 1.807) is 0 Å². The Balaban J connectivity index is 0. The van der Waals surface area contributed by atoms with E-state index in [1.165, 1.54) is 38.5 Å². The van der Waals surface area contributed by atoms with E-state index in [0.717, 1.165) is 12.8 Å². The van der Waals surface area contributed by atoms with Crippen LogP contribution in [0.25, 0.3) is 0 Å². The molecule has 0 spiro atoms. The second kappa shape index (κ2) is 12.9. The van der Waals surface area contributed by atoms with Crippen molar-refractivity contribution in [1.82, 2.24) is 0 Å². The van der Waals surface area contributed by atoms with E-state index in [9.17, 15) is 0 Å². The van der Waals surface area contributed by atoms with Crippen molar-refractivity contribution in [3.8, 4) is 0 Å². The third kappa shape index (κ3) is 22.7. The van der Waals surface area contributed by atoms with Crippen molar-refractivity contribution in [3.05, 3.63) is 0 Å². The van der Waals surface area contributed by atoms with E-state index >= 15 is 0 Å². The van der Waals surface area contributed by atoms with E-state index < -0.39 is 5.97 Å². The first-order valence-electron chi connectivity index (χ1n) is 5.44. The molecule has 0 aromatic carbocycles. The molecule has 0 heterocycles. The number of rotatable bonds is 4. The smallest absolute Gasteiger partial charge is 0.300 e. The average Bonchev–Trinajstić information content (AvgIpc) is 2.91. The number of hydrogen-bond donors (Lipinski definition) is 1. The van der Waals surface area contributed by atoms with Crippen LogP contribution in [-0.2, 0) is 4.79 Å². The van der Waals surface area contributed by atoms with Crippen LogP contribution in [0.3, 0.4) is 0 Å². The van der Waals surface area contributed by atoms with E-state index in [-0.39, 0.29) is 0 Å². The SMILES string of the molecule is CC(=O)O.CCCCCC1CC1.CP. The maximum absolute atomic E-state index is 9.00. The van der Waals surface area contributed by atoms with Gasteiger partial charge in [-0.25, -0.2) is 0 Å². The Morgan fingerprint density at radius 1 is 1.36 bits per heavy atom. The largest absolute Gasteiger partial charge is 0.481 e. The maximum atomic E-state index is 9.00. The topological polar surface area (TPSA) is 37.3 Å². The van der Waals surface area contributed by atoms with Gasteiger partial charge < -0.3 is 5.11 Å². The summed E-state index contributed by atoms with van der Waals surface area (Å²) in [5.74, 6) is 0.321. The van der Waals surface area contributed by atoms with Crippen molar-refractivity contribution < 1.29 is 9.90 Å². The first-order valence-corrected chi connectivity index (χ1v) is 6.59. The fourth-order valence-corrected chi connectivity index (χ4v) is 1.09. The van der Waals surface area contributed by atoms with Crippen LogP contribution >= 0.6 is 9.24 Å². The second-order valence-corrected chi connectivity index (χ2v) is 3.46. The molecule has 1 rings (SSSR count). The van der Waals surface area contributed by atoms with Crippen LogP contribution in [-0.4, -0.2) is 17.7 Å². The van der Waals surface area contributed by atoms with Crippen molar-refractivity contribution >= 4 is 15.2 Å². The van der Waals surface area contributed by atoms with Crippen molar-refractivity contribution in [1.29, 1.82) is 0 Å². The summed E-state index contributed by atoms with van der Waals surface area (Å²) in [5, 5.41) is 7.42. The summed E-state index contributed by atoms with van der Waals surface area (Å²) < 4.78 is 0. The molecule has 1 unspecified atom stereocenters. The first-order chi connectivity index (χ1) is 6.66. The van der Waals surface area contributed by atoms with E-state index in [0.29, 0.717) is 0 Å². The van der Waals surface area contributed by atoms with Crippen molar-refractivity contribution in [2.75, 3.05) is 6.66 Å². The van der Waals surface area contributed by atoms with Crippen LogP contribution in [0.1, 0.15) is 52.4 Å². The minimum Gasteiger partial charge on any atom is -0.481 e. The molecular weight excluding hydrogens is 195 g/mol. The Morgan fingerprint density at radius 3 is 2.07 bits per heavy atom. The highest BCUT2D eigenvalue weighted by Crippen LogP contribution is 2.33. The predicted molar refractivity (Wildman–Crippen MR) is 65.8 cm³/mol. The van der Waals surface area contributed by atoms with Crippen LogP contribution in [0, 0.1) is 5.92 Å². The Kier molecular flexibility index (Phi) is 15.1. The van der Waals surface area contributed by atoms with Crippen LogP contribution in [0.2, 0.25) is 0 Å². The number of unbranched alkanes of at least 4 members (excludes halogenated alkanes) is 2. The Morgan fingerprint density at radius 2 is 1.79 bits per heavy atom. The molecule has 0 bridgehead atoms. The minimum absolute atomic E-state index is 0.833. The molecule has 1 N–H and O–H groups in total. The molecule has 1 aliphatic carbocycles. The average molecular weight is 220 g/mol. The Bertz CT molecular complexity index is 118. The van der Waals surface area contributed by atoms with Gasteiger partial charge in [0.15, 0.2) is 0 Å². The van der Waals surface area contributed by atoms with Crippen LogP contribution in [0.4, 0.5) is 0 Å². The van der Waals surface area contributed by atoms with Gasteiger partial charge in [0.2, 0.25) is 0 Å². The van der Waals surface area contributed by atoms with Gasteiger partial charge in [-0.1, -0.05) is 52.1 Å². The minimum atomic E-state index is -0.833. The van der Waals surface area contributed by atoms with Gasteiger partial charge in [-0.2, -0.15) is 0 Å². The van der Waals surface area contributed by atoms with Gasteiger partial charge >= 0.3 is 0 Å². The third-order valence-electron chi connectivity index (χ3n) is 1.91. The van der Waals surface area contributed by atoms with Crippen molar-refractivity contribution in [2.24, 2.45) is 5.92 Å². The highest BCUT2D eigenvalue weighted by Gasteiger charge is 2.19. The first kappa shape index (κ1) is 16.3. The van der Waals surface area contributed by atoms with Gasteiger partial charge in [0, 0.05) is 6.92 Å². The molecule has 1 aliphatic rings. The number of carboxylic acid groups (broad SMARTS) is 1. The number of aliphatic carboxylic acids is 1. The molecule has 0 radical (unpaired) electrons. The van der Waals surface area contributed by atoms with Gasteiger partial charge in [-0.05, 0) is 5.92 Å². The Labute approximate surface area is 90.7 Å². The van der Waals surface area contributed by atoms with E-state index in [4.69, 9.17) is 9.90 Å². The molecule has 2 nitrogen and oxygen atoms in total. The fourth-order valence-electron chi connectivity index (χ4n) is 1.09. The lowest BCUT2D eigenvalue weighted by molar-refractivity contribution is -0.134. The van der Waals surface area contributed by atoms with Gasteiger partial charge in [-0.3, -0.25) is 4.79 Å². The fraction of sp³-hybridized carbons (Fsp3) is 0.909. The highest BCUT2D eigenvalue weighted by atomic mass is 31.0. The van der Waals surface area contributed by atoms with E-state index in [1.807, 2.05) is 6.66 Å². The zero-order chi connectivity index (χ0) is 11.4. The summed E-state index contributed by atoms with van der Waals surface area (Å²) in [7, 11) is 2.42. The molecule has 1 atom stereocenters. The lowest BCUT2D eigenvalue weighted by atomic mass is 10.1. The zero-order valence-electron chi connectivity index (χ0n) is 9.75. The quantitative estimate of drug-likeness (QED) is 0.581. The molecule has 1 fully saturated rings. The summed E-state index contributed by atoms with van der Waals surface area (Å²) in [6, 6.07) is 0. The van der Waals surface area contributed by atoms with Crippen molar-refractivity contribution in [3.63, 3.8) is 0 Å². The molecule has 3 heteroatoms. The van der Waals surface area contributed by atoms with Gasteiger partial charge in [0.05, 0.1) is 0 Å². The lowest BCUT2D eigenvalue weighted by Gasteiger charge is -1.92. The van der Waals surface area contributed by atoms with E-state index in [2.05, 4.69) is 16.2 Å². The molecule has 0 aliphatic heterocycles. The number of carbonyl (C=O) groups is 1. The highest BCUT2D eigenvalue weighted by molar-refractivity contribution is 7.15. The maximum Gasteiger partial charge on any atom is 0.300 e. The Hall–Kier alpha value is -0.100. The lowest BCUT2D eigenvalue weighted by Crippen LogP contribution is -1.78. The summed E-state index contributed by atoms with van der Waals surface area (Å²) in [6.45, 7) is 5.27. The standard InChI is InChI=1S/C8H16.C2H4O2.CH5P/c1-2-3-4-5-8-6-7-8;1-2(3)4;1-2/h8H,2-7H2,1H3;1H3,(H,3,4);2H2,1H3. The molecule has 0 aromatic heterocycles. The monoisotopic (exact) mass is 220 g/mol. The second-order valence-electron chi connectivity index (χ2n) is 3.46. The molecule has 86 valence electrons. The molecular formula is C11H25O2P. The molecule has 0 aromatic rings. The number of carboxylic acids is 1. The summed E-state index contributed by atoms with van der Waals surface area (Å²) in [5.41, 5.74) is 0. The summed E-state index contributed by atoms with van der Waals surface area (Å²) in [4.78, 5) is 9.00. The van der Waals surface area contributed by atoms with Crippen LogP contribution < -0.4 is 0 Å². The number of hydrogen-bond acceptors (Lipinski definition) is 1. The van der Waals surface area contributed by atoms with Crippen LogP contribution in [0.15, 0.2) is 0 Å². The summed E-state index contributed by atoms with van der Waals surface area (Å²) >= 11 is 0. The zero-order valence-corrected chi connectivity index (χ0v) is 10.9. The molecule has 14 heavy (non-hydrogen) atoms. The van der Waals surface area contributed by atoms with Gasteiger partial charge in [0.25, 0.3) is 5.97 Å².